The van der Waals surface area contributed by atoms with Crippen LogP contribution in [0.15, 0.2) is 18.2 Å². The average molecular weight is 239 g/mol. The Hall–Kier alpha value is -1.06. The Morgan fingerprint density at radius 3 is 2.62 bits per heavy atom. The monoisotopic (exact) mass is 238 g/mol. The number of benzene rings is 1. The average Bonchev–Trinajstić information content (AvgIpc) is 2.12. The molecule has 0 saturated carbocycles. The highest BCUT2D eigenvalue weighted by Crippen LogP contribution is 2.17. The zero-order valence-electron chi connectivity index (χ0n) is 9.46. The lowest BCUT2D eigenvalue weighted by molar-refractivity contribution is 0.0681. The predicted molar refractivity (Wildman–Crippen MR) is 64.9 cm³/mol. The van der Waals surface area contributed by atoms with Crippen molar-refractivity contribution in [3.8, 4) is 0 Å². The second kappa shape index (κ2) is 4.44. The summed E-state index contributed by atoms with van der Waals surface area (Å²) in [5, 5.41) is 3.77. The molecule has 0 unspecified atom stereocenters. The molecule has 0 atom stereocenters. The molecule has 1 aliphatic heterocycles. The first-order chi connectivity index (χ1) is 7.58. The van der Waals surface area contributed by atoms with E-state index in [1.165, 1.54) is 0 Å². The highest BCUT2D eigenvalue weighted by Gasteiger charge is 2.26. The van der Waals surface area contributed by atoms with Crippen LogP contribution < -0.4 is 5.32 Å². The highest BCUT2D eigenvalue weighted by atomic mass is 35.5. The van der Waals surface area contributed by atoms with E-state index < -0.39 is 0 Å². The number of nitrogens with one attached hydrogen (secondary N) is 1. The number of rotatable bonds is 2. The molecule has 1 heterocycles. The summed E-state index contributed by atoms with van der Waals surface area (Å²) < 4.78 is 0. The van der Waals surface area contributed by atoms with E-state index in [1.807, 2.05) is 26.1 Å². The van der Waals surface area contributed by atoms with Gasteiger partial charge in [-0.15, -0.1) is 0 Å². The van der Waals surface area contributed by atoms with Crippen LogP contribution >= 0.6 is 11.6 Å². The molecule has 4 heteroatoms. The van der Waals surface area contributed by atoms with Gasteiger partial charge in [-0.2, -0.15) is 0 Å². The number of aryl methyl sites for hydroxylation is 1. The molecule has 2 rings (SSSR count). The first-order valence-electron chi connectivity index (χ1n) is 5.33. The molecule has 0 bridgehead atoms. The van der Waals surface area contributed by atoms with Gasteiger partial charge < -0.3 is 10.2 Å². The molecular formula is C12H15ClN2O. The zero-order chi connectivity index (χ0) is 11.7. The van der Waals surface area contributed by atoms with Gasteiger partial charge in [0.25, 0.3) is 5.91 Å². The third-order valence-electron chi connectivity index (χ3n) is 2.92. The van der Waals surface area contributed by atoms with Crippen molar-refractivity contribution >= 4 is 17.5 Å². The minimum atomic E-state index is 0.0390. The van der Waals surface area contributed by atoms with Gasteiger partial charge in [0.1, 0.15) is 0 Å². The fourth-order valence-electron chi connectivity index (χ4n) is 1.78. The minimum absolute atomic E-state index is 0.0390. The molecule has 1 N–H and O–H groups in total. The third kappa shape index (κ3) is 2.20. The minimum Gasteiger partial charge on any atom is -0.336 e. The summed E-state index contributed by atoms with van der Waals surface area (Å²) in [5.41, 5.74) is 1.68. The Kier molecular flexibility index (Phi) is 3.17. The fourth-order valence-corrected chi connectivity index (χ4v) is 2.07. The van der Waals surface area contributed by atoms with Crippen molar-refractivity contribution in [1.29, 1.82) is 0 Å². The summed E-state index contributed by atoms with van der Waals surface area (Å²) in [6.45, 7) is 3.69. The van der Waals surface area contributed by atoms with E-state index in [1.54, 1.807) is 11.0 Å². The number of halogens is 1. The van der Waals surface area contributed by atoms with Crippen LogP contribution in [0, 0.1) is 6.92 Å². The van der Waals surface area contributed by atoms with Gasteiger partial charge in [-0.1, -0.05) is 11.6 Å². The van der Waals surface area contributed by atoms with Crippen LogP contribution in [-0.4, -0.2) is 37.0 Å². The van der Waals surface area contributed by atoms with Crippen molar-refractivity contribution in [3.05, 3.63) is 34.3 Å². The van der Waals surface area contributed by atoms with E-state index >= 15 is 0 Å². The van der Waals surface area contributed by atoms with Gasteiger partial charge in [0, 0.05) is 30.7 Å². The SMILES string of the molecule is Cc1cc(Cl)cc(C(=O)N(C)C2CNC2)c1. The molecule has 0 spiro atoms. The summed E-state index contributed by atoms with van der Waals surface area (Å²) >= 11 is 5.94. The molecule has 1 aromatic carbocycles. The summed E-state index contributed by atoms with van der Waals surface area (Å²) in [4.78, 5) is 13.9. The van der Waals surface area contributed by atoms with Gasteiger partial charge >= 0.3 is 0 Å². The number of carbonyl (C=O) groups excluding carboxylic acids is 1. The predicted octanol–water partition coefficient (Wildman–Crippen LogP) is 1.69. The van der Waals surface area contributed by atoms with Crippen LogP contribution in [0.2, 0.25) is 5.02 Å². The lowest BCUT2D eigenvalue weighted by Gasteiger charge is -2.35. The normalized spacial score (nSPS) is 15.7. The molecule has 86 valence electrons. The van der Waals surface area contributed by atoms with Crippen molar-refractivity contribution in [1.82, 2.24) is 10.2 Å². The van der Waals surface area contributed by atoms with Gasteiger partial charge in [-0.05, 0) is 30.7 Å². The third-order valence-corrected chi connectivity index (χ3v) is 3.14. The Morgan fingerprint density at radius 2 is 2.12 bits per heavy atom. The van der Waals surface area contributed by atoms with Gasteiger partial charge in [0.15, 0.2) is 0 Å². The maximum absolute atomic E-state index is 12.1. The molecule has 1 aliphatic rings. The van der Waals surface area contributed by atoms with Crippen LogP contribution in [0.5, 0.6) is 0 Å². The largest absolute Gasteiger partial charge is 0.336 e. The van der Waals surface area contributed by atoms with Crippen molar-refractivity contribution in [2.24, 2.45) is 0 Å². The summed E-state index contributed by atoms with van der Waals surface area (Å²) in [6, 6.07) is 5.76. The second-order valence-corrected chi connectivity index (χ2v) is 4.68. The molecule has 1 fully saturated rings. The maximum atomic E-state index is 12.1. The first-order valence-corrected chi connectivity index (χ1v) is 5.71. The van der Waals surface area contributed by atoms with Crippen molar-refractivity contribution < 1.29 is 4.79 Å². The quantitative estimate of drug-likeness (QED) is 0.851. The van der Waals surface area contributed by atoms with Gasteiger partial charge in [0.05, 0.1) is 6.04 Å². The number of likely N-dealkylation sites (N-methyl/N-ethyl adjacent to an activating group) is 1. The van der Waals surface area contributed by atoms with Crippen molar-refractivity contribution in [2.45, 2.75) is 13.0 Å². The number of hydrogen-bond acceptors (Lipinski definition) is 2. The number of carbonyl (C=O) groups is 1. The summed E-state index contributed by atoms with van der Waals surface area (Å²) in [5.74, 6) is 0.0390. The Bertz CT molecular complexity index is 395. The Balaban J connectivity index is 2.19. The lowest BCUT2D eigenvalue weighted by atomic mass is 10.1. The number of hydrogen-bond donors (Lipinski definition) is 1. The first kappa shape index (κ1) is 11.4. The molecule has 3 nitrogen and oxygen atoms in total. The molecular weight excluding hydrogens is 224 g/mol. The van der Waals surface area contributed by atoms with E-state index in [9.17, 15) is 4.79 Å². The number of nitrogens with zero attached hydrogens (tertiary/aromatic N) is 1. The van der Waals surface area contributed by atoms with E-state index in [2.05, 4.69) is 5.32 Å². The molecule has 1 aromatic rings. The van der Waals surface area contributed by atoms with E-state index in [-0.39, 0.29) is 5.91 Å². The van der Waals surface area contributed by atoms with Crippen LogP contribution in [0.1, 0.15) is 15.9 Å². The van der Waals surface area contributed by atoms with Crippen LogP contribution in [-0.2, 0) is 0 Å². The van der Waals surface area contributed by atoms with Crippen LogP contribution in [0.3, 0.4) is 0 Å². The molecule has 16 heavy (non-hydrogen) atoms. The zero-order valence-corrected chi connectivity index (χ0v) is 10.2. The highest BCUT2D eigenvalue weighted by molar-refractivity contribution is 6.31. The van der Waals surface area contributed by atoms with E-state index in [4.69, 9.17) is 11.6 Å². The van der Waals surface area contributed by atoms with Gasteiger partial charge in [-0.3, -0.25) is 4.79 Å². The van der Waals surface area contributed by atoms with E-state index in [0.29, 0.717) is 16.6 Å². The maximum Gasteiger partial charge on any atom is 0.253 e. The summed E-state index contributed by atoms with van der Waals surface area (Å²) in [6.07, 6.45) is 0. The lowest BCUT2D eigenvalue weighted by Crippen LogP contribution is -2.57. The summed E-state index contributed by atoms with van der Waals surface area (Å²) in [7, 11) is 1.84. The molecule has 0 aromatic heterocycles. The van der Waals surface area contributed by atoms with Crippen LogP contribution in [0.25, 0.3) is 0 Å². The second-order valence-electron chi connectivity index (χ2n) is 4.25. The van der Waals surface area contributed by atoms with Crippen molar-refractivity contribution in [2.75, 3.05) is 20.1 Å². The van der Waals surface area contributed by atoms with Gasteiger partial charge in [0.2, 0.25) is 0 Å². The Labute approximate surface area is 100 Å². The number of amides is 1. The molecule has 0 aliphatic carbocycles. The smallest absolute Gasteiger partial charge is 0.253 e. The topological polar surface area (TPSA) is 32.3 Å². The standard InChI is InChI=1S/C12H15ClN2O/c1-8-3-9(5-10(13)4-8)12(16)15(2)11-6-14-7-11/h3-5,11,14H,6-7H2,1-2H3. The molecule has 1 saturated heterocycles. The Morgan fingerprint density at radius 1 is 1.44 bits per heavy atom. The van der Waals surface area contributed by atoms with Gasteiger partial charge in [-0.25, -0.2) is 0 Å². The van der Waals surface area contributed by atoms with E-state index in [0.717, 1.165) is 18.7 Å². The van der Waals surface area contributed by atoms with Crippen molar-refractivity contribution in [3.63, 3.8) is 0 Å². The van der Waals surface area contributed by atoms with Crippen LogP contribution in [0.4, 0.5) is 0 Å². The molecule has 0 radical (unpaired) electrons. The molecule has 1 amide bonds. The fraction of sp³-hybridized carbons (Fsp3) is 0.417.